The Labute approximate surface area is 164 Å². The molecule has 0 amide bonds. The van der Waals surface area contributed by atoms with E-state index in [9.17, 15) is 0 Å². The molecular formula is C24H24N3O+. The topological polar surface area (TPSA) is 29.3 Å². The van der Waals surface area contributed by atoms with E-state index in [1.165, 1.54) is 11.3 Å². The highest BCUT2D eigenvalue weighted by atomic mass is 16.3. The SMILES string of the molecule is Cc1ccc2c(n1)oc1c(N3C=C[N+](C)(c4ccccc4)C3C)c(C)ccc12. The summed E-state index contributed by atoms with van der Waals surface area (Å²) in [6.45, 7) is 6.40. The monoisotopic (exact) mass is 370 g/mol. The van der Waals surface area contributed by atoms with Gasteiger partial charge in [0.1, 0.15) is 11.9 Å². The highest BCUT2D eigenvalue weighted by Gasteiger charge is 2.40. The number of anilines is 1. The first kappa shape index (κ1) is 17.0. The minimum absolute atomic E-state index is 0.203. The minimum Gasteiger partial charge on any atom is -0.435 e. The van der Waals surface area contributed by atoms with Crippen LogP contribution >= 0.6 is 0 Å². The number of para-hydroxylation sites is 1. The lowest BCUT2D eigenvalue weighted by Gasteiger charge is -2.35. The molecule has 2 atom stereocenters. The van der Waals surface area contributed by atoms with Crippen LogP contribution in [-0.2, 0) is 0 Å². The van der Waals surface area contributed by atoms with Crippen molar-refractivity contribution in [3.8, 4) is 0 Å². The Hall–Kier alpha value is -3.11. The third kappa shape index (κ3) is 2.31. The van der Waals surface area contributed by atoms with Gasteiger partial charge in [-0.15, -0.1) is 0 Å². The van der Waals surface area contributed by atoms with Crippen LogP contribution in [0.3, 0.4) is 0 Å². The summed E-state index contributed by atoms with van der Waals surface area (Å²) >= 11 is 0. The van der Waals surface area contributed by atoms with Crippen molar-refractivity contribution in [3.63, 3.8) is 0 Å². The molecule has 4 heteroatoms. The van der Waals surface area contributed by atoms with E-state index in [1.54, 1.807) is 0 Å². The maximum absolute atomic E-state index is 6.29. The molecule has 140 valence electrons. The number of benzene rings is 2. The van der Waals surface area contributed by atoms with Crippen molar-refractivity contribution in [2.45, 2.75) is 26.9 Å². The smallest absolute Gasteiger partial charge is 0.227 e. The number of hydrogen-bond donors (Lipinski definition) is 0. The molecule has 2 aromatic carbocycles. The minimum atomic E-state index is 0.203. The number of aryl methyl sites for hydroxylation is 2. The van der Waals surface area contributed by atoms with Crippen LogP contribution in [0.2, 0.25) is 0 Å². The van der Waals surface area contributed by atoms with Gasteiger partial charge in [-0.3, -0.25) is 4.90 Å². The Morgan fingerprint density at radius 2 is 1.71 bits per heavy atom. The van der Waals surface area contributed by atoms with Crippen LogP contribution < -0.4 is 9.38 Å². The van der Waals surface area contributed by atoms with Crippen LogP contribution in [0.25, 0.3) is 22.1 Å². The molecule has 28 heavy (non-hydrogen) atoms. The van der Waals surface area contributed by atoms with Crippen molar-refractivity contribution in [1.82, 2.24) is 9.47 Å². The Morgan fingerprint density at radius 3 is 2.50 bits per heavy atom. The highest BCUT2D eigenvalue weighted by Crippen LogP contribution is 2.41. The zero-order valence-corrected chi connectivity index (χ0v) is 16.7. The molecule has 0 saturated heterocycles. The van der Waals surface area contributed by atoms with Crippen LogP contribution in [0.1, 0.15) is 18.2 Å². The van der Waals surface area contributed by atoms with Crippen LogP contribution in [0, 0.1) is 13.8 Å². The van der Waals surface area contributed by atoms with E-state index in [-0.39, 0.29) is 6.17 Å². The number of furan rings is 1. The van der Waals surface area contributed by atoms with Crippen molar-refractivity contribution >= 4 is 33.4 Å². The number of hydrogen-bond acceptors (Lipinski definition) is 3. The predicted octanol–water partition coefficient (Wildman–Crippen LogP) is 5.87. The molecule has 0 spiro atoms. The fourth-order valence-electron chi connectivity index (χ4n) is 4.25. The number of nitrogens with zero attached hydrogens (tertiary/aromatic N) is 3. The van der Waals surface area contributed by atoms with Gasteiger partial charge in [0, 0.05) is 23.4 Å². The zero-order chi connectivity index (χ0) is 19.5. The van der Waals surface area contributed by atoms with E-state index in [4.69, 9.17) is 4.42 Å². The fraction of sp³-hybridized carbons (Fsp3) is 0.208. The van der Waals surface area contributed by atoms with Gasteiger partial charge in [-0.1, -0.05) is 30.3 Å². The second kappa shape index (κ2) is 5.94. The van der Waals surface area contributed by atoms with Crippen LogP contribution in [0.15, 0.2) is 71.4 Å². The van der Waals surface area contributed by atoms with Gasteiger partial charge < -0.3 is 4.42 Å². The molecule has 2 unspecified atom stereocenters. The molecule has 0 fully saturated rings. The maximum Gasteiger partial charge on any atom is 0.227 e. The Balaban J connectivity index is 1.69. The van der Waals surface area contributed by atoms with Gasteiger partial charge >= 0.3 is 0 Å². The summed E-state index contributed by atoms with van der Waals surface area (Å²) in [5, 5.41) is 2.18. The Kier molecular flexibility index (Phi) is 3.61. The predicted molar refractivity (Wildman–Crippen MR) is 116 cm³/mol. The van der Waals surface area contributed by atoms with E-state index >= 15 is 0 Å². The first-order valence-corrected chi connectivity index (χ1v) is 9.68. The number of pyridine rings is 1. The molecule has 4 nitrogen and oxygen atoms in total. The average Bonchev–Trinajstić information content (AvgIpc) is 3.21. The Bertz CT molecular complexity index is 1230. The van der Waals surface area contributed by atoms with E-state index in [0.717, 1.165) is 27.7 Å². The summed E-state index contributed by atoms with van der Waals surface area (Å²) in [6.07, 6.45) is 4.64. The lowest BCUT2D eigenvalue weighted by atomic mass is 10.1. The number of aromatic nitrogens is 1. The third-order valence-corrected chi connectivity index (χ3v) is 6.11. The molecule has 0 saturated carbocycles. The van der Waals surface area contributed by atoms with Crippen LogP contribution in [0.4, 0.5) is 11.4 Å². The van der Waals surface area contributed by atoms with Crippen LogP contribution in [0.5, 0.6) is 0 Å². The summed E-state index contributed by atoms with van der Waals surface area (Å²) in [6, 6.07) is 19.1. The van der Waals surface area contributed by atoms with Gasteiger partial charge in [0.25, 0.3) is 0 Å². The molecule has 2 aromatic heterocycles. The van der Waals surface area contributed by atoms with Gasteiger partial charge in [0.05, 0.1) is 18.9 Å². The van der Waals surface area contributed by atoms with Gasteiger partial charge in [0.2, 0.25) is 5.71 Å². The van der Waals surface area contributed by atoms with E-state index in [1.807, 2.05) is 13.0 Å². The summed E-state index contributed by atoms with van der Waals surface area (Å²) in [5.41, 5.74) is 6.16. The normalized spacial score (nSPS) is 21.9. The molecule has 1 aliphatic heterocycles. The summed E-state index contributed by atoms with van der Waals surface area (Å²) in [4.78, 5) is 6.93. The molecule has 1 aliphatic rings. The Morgan fingerprint density at radius 1 is 0.964 bits per heavy atom. The lowest BCUT2D eigenvalue weighted by Crippen LogP contribution is -2.50. The summed E-state index contributed by atoms with van der Waals surface area (Å²) in [7, 11) is 2.25. The standard InChI is InChI=1S/C24H24N3O/c1-16-10-12-20-21-13-11-17(2)25-24(21)28-23(20)22(16)26-14-15-27(4,18(26)3)19-8-6-5-7-9-19/h5-15,18H,1-4H3/q+1. The molecule has 0 bridgehead atoms. The second-order valence-corrected chi connectivity index (χ2v) is 7.84. The quantitative estimate of drug-likeness (QED) is 0.413. The van der Waals surface area contributed by atoms with Gasteiger partial charge in [-0.05, 0) is 43.7 Å². The highest BCUT2D eigenvalue weighted by molar-refractivity contribution is 6.08. The van der Waals surface area contributed by atoms with Gasteiger partial charge in [0.15, 0.2) is 11.7 Å². The van der Waals surface area contributed by atoms with Crippen molar-refractivity contribution in [2.75, 3.05) is 11.9 Å². The molecule has 0 radical (unpaired) electrons. The number of rotatable bonds is 2. The van der Waals surface area contributed by atoms with Gasteiger partial charge in [-0.25, -0.2) is 9.47 Å². The van der Waals surface area contributed by atoms with Crippen LogP contribution in [-0.4, -0.2) is 18.2 Å². The largest absolute Gasteiger partial charge is 0.435 e. The third-order valence-electron chi connectivity index (χ3n) is 6.11. The first-order valence-electron chi connectivity index (χ1n) is 9.68. The average molecular weight is 370 g/mol. The maximum atomic E-state index is 6.29. The molecule has 5 rings (SSSR count). The number of fused-ring (bicyclic) bond motifs is 3. The molecule has 0 aliphatic carbocycles. The first-order chi connectivity index (χ1) is 13.5. The van der Waals surface area contributed by atoms with Crippen molar-refractivity contribution < 1.29 is 4.42 Å². The van der Waals surface area contributed by atoms with Gasteiger partial charge in [-0.2, -0.15) is 0 Å². The molecule has 4 aromatic rings. The lowest BCUT2D eigenvalue weighted by molar-refractivity contribution is 0.374. The summed E-state index contributed by atoms with van der Waals surface area (Å²) < 4.78 is 7.00. The van der Waals surface area contributed by atoms with Crippen molar-refractivity contribution in [3.05, 3.63) is 78.3 Å². The molecule has 3 heterocycles. The van der Waals surface area contributed by atoms with E-state index < -0.39 is 0 Å². The van der Waals surface area contributed by atoms with Crippen molar-refractivity contribution in [1.29, 1.82) is 0 Å². The van der Waals surface area contributed by atoms with E-state index in [2.05, 4.69) is 91.7 Å². The molecular weight excluding hydrogens is 346 g/mol. The van der Waals surface area contributed by atoms with E-state index in [0.29, 0.717) is 10.2 Å². The second-order valence-electron chi connectivity index (χ2n) is 7.84. The number of quaternary nitrogens is 1. The summed E-state index contributed by atoms with van der Waals surface area (Å²) in [5.74, 6) is 0. The fourth-order valence-corrected chi connectivity index (χ4v) is 4.25. The van der Waals surface area contributed by atoms with Crippen molar-refractivity contribution in [2.24, 2.45) is 0 Å². The molecule has 0 N–H and O–H groups in total. The zero-order valence-electron chi connectivity index (χ0n) is 16.7.